The highest BCUT2D eigenvalue weighted by atomic mass is 79.9. The lowest BCUT2D eigenvalue weighted by Gasteiger charge is -2.12. The number of halogens is 2. The van der Waals surface area contributed by atoms with E-state index in [2.05, 4.69) is 20.7 Å². The maximum Gasteiger partial charge on any atom is 0.262 e. The fraction of sp³-hybridized carbons (Fsp3) is 0.0769. The summed E-state index contributed by atoms with van der Waals surface area (Å²) in [4.78, 5) is 0.0434. The van der Waals surface area contributed by atoms with Gasteiger partial charge in [0.25, 0.3) is 10.0 Å². The Morgan fingerprint density at radius 1 is 1.20 bits per heavy atom. The summed E-state index contributed by atoms with van der Waals surface area (Å²) < 4.78 is 41.0. The van der Waals surface area contributed by atoms with Crippen LogP contribution in [0.1, 0.15) is 5.56 Å². The molecule has 0 aliphatic heterocycles. The van der Waals surface area contributed by atoms with E-state index in [1.165, 1.54) is 24.3 Å². The summed E-state index contributed by atoms with van der Waals surface area (Å²) in [5.74, 6) is -0.651. The van der Waals surface area contributed by atoms with Crippen LogP contribution in [-0.4, -0.2) is 8.42 Å². The zero-order chi connectivity index (χ0) is 14.8. The monoisotopic (exact) mass is 358 g/mol. The molecule has 0 atom stereocenters. The molecule has 0 saturated carbocycles. The third-order valence-corrected chi connectivity index (χ3v) is 4.61. The van der Waals surface area contributed by atoms with E-state index in [9.17, 15) is 12.8 Å². The number of hydrogen-bond donors (Lipinski definition) is 2. The second kappa shape index (κ2) is 5.90. The van der Waals surface area contributed by atoms with Crippen molar-refractivity contribution in [3.63, 3.8) is 0 Å². The lowest BCUT2D eigenvalue weighted by molar-refractivity contribution is 0.597. The van der Waals surface area contributed by atoms with Crippen molar-refractivity contribution in [2.24, 2.45) is 5.73 Å². The molecule has 0 radical (unpaired) electrons. The Morgan fingerprint density at radius 2 is 1.90 bits per heavy atom. The molecule has 0 heterocycles. The summed E-state index contributed by atoms with van der Waals surface area (Å²) in [6.07, 6.45) is 0. The van der Waals surface area contributed by atoms with Crippen molar-refractivity contribution in [2.45, 2.75) is 11.4 Å². The molecular formula is C13H12BrFN2O2S. The zero-order valence-electron chi connectivity index (χ0n) is 10.3. The van der Waals surface area contributed by atoms with Crippen molar-refractivity contribution < 1.29 is 12.8 Å². The van der Waals surface area contributed by atoms with E-state index in [4.69, 9.17) is 5.73 Å². The molecule has 106 valence electrons. The molecule has 0 aliphatic rings. The van der Waals surface area contributed by atoms with E-state index < -0.39 is 15.8 Å². The van der Waals surface area contributed by atoms with Gasteiger partial charge in [-0.2, -0.15) is 0 Å². The van der Waals surface area contributed by atoms with E-state index in [0.717, 1.165) is 0 Å². The van der Waals surface area contributed by atoms with E-state index in [1.807, 2.05) is 0 Å². The standard InChI is InChI=1S/C13H12BrFN2O2S/c14-10-5-6-11(15)12(7-10)17-20(18,19)13-4-2-1-3-9(13)8-16/h1-7,17H,8,16H2. The maximum absolute atomic E-state index is 13.6. The summed E-state index contributed by atoms with van der Waals surface area (Å²) >= 11 is 3.17. The highest BCUT2D eigenvalue weighted by molar-refractivity contribution is 9.10. The van der Waals surface area contributed by atoms with E-state index in [-0.39, 0.29) is 17.1 Å². The van der Waals surface area contributed by atoms with Crippen LogP contribution in [0.3, 0.4) is 0 Å². The molecule has 3 N–H and O–H groups in total. The number of hydrogen-bond acceptors (Lipinski definition) is 3. The number of rotatable bonds is 4. The summed E-state index contributed by atoms with van der Waals surface area (Å²) in [7, 11) is -3.89. The Labute approximate surface area is 125 Å². The van der Waals surface area contributed by atoms with Crippen LogP contribution < -0.4 is 10.5 Å². The van der Waals surface area contributed by atoms with Gasteiger partial charge in [-0.15, -0.1) is 0 Å². The SMILES string of the molecule is NCc1ccccc1S(=O)(=O)Nc1cc(Br)ccc1F. The number of nitrogens with one attached hydrogen (secondary N) is 1. The first-order valence-electron chi connectivity index (χ1n) is 5.70. The van der Waals surface area contributed by atoms with Crippen LogP contribution in [0.2, 0.25) is 0 Å². The van der Waals surface area contributed by atoms with Gasteiger partial charge in [-0.25, -0.2) is 12.8 Å². The van der Waals surface area contributed by atoms with Gasteiger partial charge < -0.3 is 5.73 Å². The molecule has 2 aromatic rings. The molecule has 20 heavy (non-hydrogen) atoms. The summed E-state index contributed by atoms with van der Waals surface area (Å²) in [5, 5.41) is 0. The predicted octanol–water partition coefficient (Wildman–Crippen LogP) is 2.85. The number of sulfonamides is 1. The summed E-state index contributed by atoms with van der Waals surface area (Å²) in [6, 6.07) is 10.4. The van der Waals surface area contributed by atoms with E-state index in [0.29, 0.717) is 10.0 Å². The van der Waals surface area contributed by atoms with Gasteiger partial charge in [0.05, 0.1) is 10.6 Å². The molecule has 2 aromatic carbocycles. The van der Waals surface area contributed by atoms with Crippen LogP contribution in [0.25, 0.3) is 0 Å². The molecule has 0 bridgehead atoms. The van der Waals surface area contributed by atoms with E-state index in [1.54, 1.807) is 18.2 Å². The van der Waals surface area contributed by atoms with E-state index >= 15 is 0 Å². The summed E-state index contributed by atoms with van der Waals surface area (Å²) in [5.41, 5.74) is 5.87. The average molecular weight is 359 g/mol. The fourth-order valence-electron chi connectivity index (χ4n) is 1.71. The minimum Gasteiger partial charge on any atom is -0.326 e. The van der Waals surface area contributed by atoms with Gasteiger partial charge in [-0.05, 0) is 29.8 Å². The number of benzene rings is 2. The largest absolute Gasteiger partial charge is 0.326 e. The predicted molar refractivity (Wildman–Crippen MR) is 79.2 cm³/mol. The highest BCUT2D eigenvalue weighted by Crippen LogP contribution is 2.24. The van der Waals surface area contributed by atoms with Crippen LogP contribution in [0.4, 0.5) is 10.1 Å². The first kappa shape index (κ1) is 15.0. The fourth-order valence-corrected chi connectivity index (χ4v) is 3.38. The van der Waals surface area contributed by atoms with Gasteiger partial charge in [0, 0.05) is 11.0 Å². The molecule has 0 amide bonds. The minimum atomic E-state index is -3.89. The molecule has 2 rings (SSSR count). The van der Waals surface area contributed by atoms with Crippen LogP contribution in [-0.2, 0) is 16.6 Å². The van der Waals surface area contributed by atoms with Gasteiger partial charge in [-0.3, -0.25) is 4.72 Å². The molecule has 4 nitrogen and oxygen atoms in total. The quantitative estimate of drug-likeness (QED) is 0.882. The molecule has 0 unspecified atom stereocenters. The normalized spacial score (nSPS) is 11.3. The first-order chi connectivity index (χ1) is 9.44. The topological polar surface area (TPSA) is 72.2 Å². The highest BCUT2D eigenvalue weighted by Gasteiger charge is 2.19. The molecule has 0 fully saturated rings. The van der Waals surface area contributed by atoms with Gasteiger partial charge in [0.2, 0.25) is 0 Å². The van der Waals surface area contributed by atoms with Crippen LogP contribution in [0.15, 0.2) is 51.8 Å². The van der Waals surface area contributed by atoms with Crippen LogP contribution >= 0.6 is 15.9 Å². The Bertz CT molecular complexity index is 735. The smallest absolute Gasteiger partial charge is 0.262 e. The van der Waals surface area contributed by atoms with Crippen molar-refractivity contribution in [3.8, 4) is 0 Å². The third-order valence-electron chi connectivity index (χ3n) is 2.65. The van der Waals surface area contributed by atoms with Gasteiger partial charge >= 0.3 is 0 Å². The number of nitrogens with two attached hydrogens (primary N) is 1. The van der Waals surface area contributed by atoms with Crippen molar-refractivity contribution >= 4 is 31.6 Å². The van der Waals surface area contributed by atoms with Crippen molar-refractivity contribution in [1.29, 1.82) is 0 Å². The Balaban J connectivity index is 2.43. The van der Waals surface area contributed by atoms with Gasteiger partial charge in [0.1, 0.15) is 5.82 Å². The van der Waals surface area contributed by atoms with Crippen molar-refractivity contribution in [1.82, 2.24) is 0 Å². The minimum absolute atomic E-state index is 0.0434. The lowest BCUT2D eigenvalue weighted by atomic mass is 10.2. The van der Waals surface area contributed by atoms with Crippen molar-refractivity contribution in [3.05, 3.63) is 58.3 Å². The molecule has 7 heteroatoms. The molecule has 0 aromatic heterocycles. The molecule has 0 spiro atoms. The molecule has 0 saturated heterocycles. The Morgan fingerprint density at radius 3 is 2.60 bits per heavy atom. The lowest BCUT2D eigenvalue weighted by Crippen LogP contribution is -2.17. The molecule has 0 aliphatic carbocycles. The van der Waals surface area contributed by atoms with Crippen LogP contribution in [0, 0.1) is 5.82 Å². The Hall–Kier alpha value is -1.44. The van der Waals surface area contributed by atoms with Crippen LogP contribution in [0.5, 0.6) is 0 Å². The first-order valence-corrected chi connectivity index (χ1v) is 7.97. The maximum atomic E-state index is 13.6. The van der Waals surface area contributed by atoms with Gasteiger partial charge in [-0.1, -0.05) is 34.1 Å². The second-order valence-electron chi connectivity index (χ2n) is 4.04. The average Bonchev–Trinajstić information content (AvgIpc) is 2.42. The third kappa shape index (κ3) is 3.17. The summed E-state index contributed by atoms with van der Waals surface area (Å²) in [6.45, 7) is 0.0814. The van der Waals surface area contributed by atoms with Gasteiger partial charge in [0.15, 0.2) is 0 Å². The number of anilines is 1. The molecular weight excluding hydrogens is 347 g/mol. The van der Waals surface area contributed by atoms with Crippen molar-refractivity contribution in [2.75, 3.05) is 4.72 Å². The second-order valence-corrected chi connectivity index (χ2v) is 6.61. The Kier molecular flexibility index (Phi) is 4.42. The zero-order valence-corrected chi connectivity index (χ0v) is 12.7.